The van der Waals surface area contributed by atoms with Crippen LogP contribution in [0.3, 0.4) is 0 Å². The van der Waals surface area contributed by atoms with Crippen molar-refractivity contribution in [2.24, 2.45) is 4.99 Å². The van der Waals surface area contributed by atoms with Crippen molar-refractivity contribution in [1.82, 2.24) is 4.57 Å². The molecular weight excluding hydrogens is 526 g/mol. The van der Waals surface area contributed by atoms with Crippen molar-refractivity contribution >= 4 is 29.1 Å². The molecule has 0 N–H and O–H groups in total. The van der Waals surface area contributed by atoms with Crippen LogP contribution in [0.1, 0.15) is 36.8 Å². The molecule has 0 amide bonds. The van der Waals surface area contributed by atoms with Gasteiger partial charge >= 0.3 is 5.97 Å². The van der Waals surface area contributed by atoms with Gasteiger partial charge in [-0.1, -0.05) is 23.5 Å². The molecule has 0 aliphatic carbocycles. The number of hydrogen-bond acceptors (Lipinski definition) is 8. The number of thiazole rings is 1. The van der Waals surface area contributed by atoms with Crippen molar-refractivity contribution < 1.29 is 18.7 Å². The highest BCUT2D eigenvalue weighted by molar-refractivity contribution is 7.07. The summed E-state index contributed by atoms with van der Waals surface area (Å²) < 4.78 is 18.8. The van der Waals surface area contributed by atoms with Gasteiger partial charge in [-0.2, -0.15) is 0 Å². The molecule has 0 spiro atoms. The standard InChI is InChI=1S/C31H31N3O5S/c1-7-38-30(36)27-19(3)32-31-34(28(27)20-8-10-21(11-9-20)33(4)5)29(35)26(40-31)17-23-13-15-25(39-23)24-14-12-22(37-6)16-18(24)2/h8-17,28H,7H2,1-6H3/b26-17-. The third-order valence-corrected chi connectivity index (χ3v) is 7.82. The third kappa shape index (κ3) is 5.00. The first-order chi connectivity index (χ1) is 19.2. The molecule has 1 aliphatic rings. The van der Waals surface area contributed by atoms with Crippen LogP contribution in [0.4, 0.5) is 5.69 Å². The number of carbonyl (C=O) groups is 1. The van der Waals surface area contributed by atoms with Gasteiger partial charge in [0.05, 0.1) is 35.6 Å². The maximum Gasteiger partial charge on any atom is 0.338 e. The van der Waals surface area contributed by atoms with E-state index in [1.165, 1.54) is 11.3 Å². The van der Waals surface area contributed by atoms with Crippen LogP contribution >= 0.6 is 11.3 Å². The highest BCUT2D eigenvalue weighted by Gasteiger charge is 2.33. The molecule has 4 aromatic rings. The largest absolute Gasteiger partial charge is 0.497 e. The van der Waals surface area contributed by atoms with Crippen molar-refractivity contribution in [2.75, 3.05) is 32.7 Å². The summed E-state index contributed by atoms with van der Waals surface area (Å²) in [6.45, 7) is 5.75. The number of aryl methyl sites for hydroxylation is 1. The monoisotopic (exact) mass is 557 g/mol. The summed E-state index contributed by atoms with van der Waals surface area (Å²) >= 11 is 1.26. The SMILES string of the molecule is CCOC(=O)C1=C(C)N=c2s/c(=C\c3ccc(-c4ccc(OC)cc4C)o3)c(=O)n2C1c1ccc(N(C)C)cc1. The molecule has 1 unspecified atom stereocenters. The maximum atomic E-state index is 13.9. The number of anilines is 1. The summed E-state index contributed by atoms with van der Waals surface area (Å²) in [4.78, 5) is 34.1. The number of carbonyl (C=O) groups excluding carboxylic acids is 1. The minimum absolute atomic E-state index is 0.223. The molecule has 5 rings (SSSR count). The molecule has 0 bridgehead atoms. The second-order valence-electron chi connectivity index (χ2n) is 9.67. The molecular formula is C31H31N3O5S. The van der Waals surface area contributed by atoms with Gasteiger partial charge in [0, 0.05) is 31.4 Å². The van der Waals surface area contributed by atoms with Crippen LogP contribution in [0.25, 0.3) is 17.4 Å². The minimum atomic E-state index is -0.664. The zero-order valence-corrected chi connectivity index (χ0v) is 24.2. The summed E-state index contributed by atoms with van der Waals surface area (Å²) in [5.74, 6) is 1.53. The molecule has 0 saturated heterocycles. The van der Waals surface area contributed by atoms with Gasteiger partial charge in [-0.25, -0.2) is 9.79 Å². The van der Waals surface area contributed by atoms with Crippen molar-refractivity contribution in [3.63, 3.8) is 0 Å². The quantitative estimate of drug-likeness (QED) is 0.312. The van der Waals surface area contributed by atoms with Crippen LogP contribution < -0.4 is 24.5 Å². The van der Waals surface area contributed by atoms with Crippen LogP contribution in [0, 0.1) is 6.92 Å². The van der Waals surface area contributed by atoms with Crippen LogP contribution in [-0.2, 0) is 9.53 Å². The fourth-order valence-electron chi connectivity index (χ4n) is 4.81. The number of rotatable bonds is 7. The lowest BCUT2D eigenvalue weighted by Gasteiger charge is -2.25. The summed E-state index contributed by atoms with van der Waals surface area (Å²) in [6.07, 6.45) is 1.72. The zero-order valence-electron chi connectivity index (χ0n) is 23.3. The summed E-state index contributed by atoms with van der Waals surface area (Å²) in [5.41, 5.74) is 4.40. The Balaban J connectivity index is 1.61. The predicted octanol–water partition coefficient (Wildman–Crippen LogP) is 4.44. The first kappa shape index (κ1) is 27.2. The topological polar surface area (TPSA) is 86.3 Å². The molecule has 0 fully saturated rings. The lowest BCUT2D eigenvalue weighted by Crippen LogP contribution is -2.39. The van der Waals surface area contributed by atoms with Gasteiger partial charge in [0.1, 0.15) is 17.3 Å². The fourth-order valence-corrected chi connectivity index (χ4v) is 5.83. The minimum Gasteiger partial charge on any atom is -0.497 e. The molecule has 8 nitrogen and oxygen atoms in total. The second kappa shape index (κ2) is 11.0. The number of nitrogens with zero attached hydrogens (tertiary/aromatic N) is 3. The fraction of sp³-hybridized carbons (Fsp3) is 0.258. The molecule has 3 heterocycles. The predicted molar refractivity (Wildman–Crippen MR) is 157 cm³/mol. The van der Waals surface area contributed by atoms with Crippen LogP contribution in [0.5, 0.6) is 5.75 Å². The molecule has 1 aliphatic heterocycles. The van der Waals surface area contributed by atoms with E-state index >= 15 is 0 Å². The average molecular weight is 558 g/mol. The van der Waals surface area contributed by atoms with Gasteiger partial charge in [0.25, 0.3) is 5.56 Å². The van der Waals surface area contributed by atoms with E-state index in [1.807, 2.05) is 80.5 Å². The number of allylic oxidation sites excluding steroid dienone is 1. The van der Waals surface area contributed by atoms with Crippen molar-refractivity contribution in [3.05, 3.63) is 102 Å². The highest BCUT2D eigenvalue weighted by atomic mass is 32.1. The summed E-state index contributed by atoms with van der Waals surface area (Å²) in [5, 5.41) is 0. The number of methoxy groups -OCH3 is 1. The molecule has 9 heteroatoms. The van der Waals surface area contributed by atoms with E-state index in [1.54, 1.807) is 31.6 Å². The summed E-state index contributed by atoms with van der Waals surface area (Å²) in [6, 6.07) is 16.6. The Labute approximate surface area is 236 Å². The molecule has 0 saturated carbocycles. The van der Waals surface area contributed by atoms with Crippen LogP contribution in [0.15, 0.2) is 80.1 Å². The van der Waals surface area contributed by atoms with E-state index in [0.717, 1.165) is 28.1 Å². The first-order valence-electron chi connectivity index (χ1n) is 12.9. The number of ether oxygens (including phenoxy) is 2. The van der Waals surface area contributed by atoms with E-state index in [-0.39, 0.29) is 12.2 Å². The Kier molecular flexibility index (Phi) is 7.49. The average Bonchev–Trinajstić information content (AvgIpc) is 3.52. The molecule has 1 atom stereocenters. The number of hydrogen-bond donors (Lipinski definition) is 0. The van der Waals surface area contributed by atoms with E-state index < -0.39 is 12.0 Å². The molecule has 2 aromatic carbocycles. The van der Waals surface area contributed by atoms with E-state index in [2.05, 4.69) is 4.99 Å². The van der Waals surface area contributed by atoms with Crippen LogP contribution in [0.2, 0.25) is 0 Å². The van der Waals surface area contributed by atoms with Crippen molar-refractivity contribution in [2.45, 2.75) is 26.8 Å². The summed E-state index contributed by atoms with van der Waals surface area (Å²) in [7, 11) is 5.56. The Morgan fingerprint density at radius 3 is 2.52 bits per heavy atom. The smallest absolute Gasteiger partial charge is 0.338 e. The van der Waals surface area contributed by atoms with Gasteiger partial charge in [-0.3, -0.25) is 9.36 Å². The number of benzene rings is 2. The van der Waals surface area contributed by atoms with Gasteiger partial charge in [-0.05, 0) is 74.4 Å². The lowest BCUT2D eigenvalue weighted by molar-refractivity contribution is -0.139. The number of aromatic nitrogens is 1. The maximum absolute atomic E-state index is 13.9. The number of furan rings is 1. The Morgan fingerprint density at radius 2 is 1.88 bits per heavy atom. The van der Waals surface area contributed by atoms with Crippen molar-refractivity contribution in [1.29, 1.82) is 0 Å². The second-order valence-corrected chi connectivity index (χ2v) is 10.7. The zero-order chi connectivity index (χ0) is 28.6. The van der Waals surface area contributed by atoms with Crippen LogP contribution in [-0.4, -0.2) is 38.3 Å². The van der Waals surface area contributed by atoms with Crippen molar-refractivity contribution in [3.8, 4) is 17.1 Å². The molecule has 40 heavy (non-hydrogen) atoms. The number of fused-ring (bicyclic) bond motifs is 1. The normalized spacial score (nSPS) is 15.1. The van der Waals surface area contributed by atoms with E-state index in [4.69, 9.17) is 13.9 Å². The van der Waals surface area contributed by atoms with E-state index in [0.29, 0.717) is 32.1 Å². The van der Waals surface area contributed by atoms with Gasteiger partial charge in [0.2, 0.25) is 0 Å². The Bertz CT molecular complexity index is 1790. The van der Waals surface area contributed by atoms with E-state index in [9.17, 15) is 9.59 Å². The molecule has 0 radical (unpaired) electrons. The number of esters is 1. The lowest BCUT2D eigenvalue weighted by atomic mass is 9.95. The van der Waals surface area contributed by atoms with Gasteiger partial charge in [0.15, 0.2) is 4.80 Å². The Morgan fingerprint density at radius 1 is 1.12 bits per heavy atom. The van der Waals surface area contributed by atoms with Gasteiger partial charge < -0.3 is 18.8 Å². The molecule has 2 aromatic heterocycles. The first-order valence-corrected chi connectivity index (χ1v) is 13.7. The molecule has 206 valence electrons. The highest BCUT2D eigenvalue weighted by Crippen LogP contribution is 2.32. The Hall–Kier alpha value is -4.37. The van der Waals surface area contributed by atoms with Gasteiger partial charge in [-0.15, -0.1) is 0 Å². The third-order valence-electron chi connectivity index (χ3n) is 6.84.